The van der Waals surface area contributed by atoms with Crippen LogP contribution in [0.4, 0.5) is 4.39 Å². The molecule has 1 aliphatic heterocycles. The van der Waals surface area contributed by atoms with Crippen LogP contribution in [0.3, 0.4) is 0 Å². The molecule has 0 aliphatic carbocycles. The van der Waals surface area contributed by atoms with Crippen LogP contribution in [0.2, 0.25) is 0 Å². The third-order valence-corrected chi connectivity index (χ3v) is 6.21. The van der Waals surface area contributed by atoms with Crippen LogP contribution in [0.15, 0.2) is 67.0 Å². The van der Waals surface area contributed by atoms with E-state index in [0.717, 1.165) is 34.1 Å². The van der Waals surface area contributed by atoms with E-state index in [1.807, 2.05) is 30.3 Å². The van der Waals surface area contributed by atoms with Gasteiger partial charge < -0.3 is 14.6 Å². The van der Waals surface area contributed by atoms with Crippen LogP contribution < -0.4 is 4.74 Å². The van der Waals surface area contributed by atoms with E-state index >= 15 is 4.39 Å². The lowest BCUT2D eigenvalue weighted by Crippen LogP contribution is -2.41. The number of amides is 1. The van der Waals surface area contributed by atoms with Crippen molar-refractivity contribution in [1.82, 2.24) is 14.9 Å². The zero-order valence-corrected chi connectivity index (χ0v) is 17.8. The first kappa shape index (κ1) is 20.2. The molecule has 6 heteroatoms. The zero-order chi connectivity index (χ0) is 22.1. The van der Waals surface area contributed by atoms with Crippen molar-refractivity contribution in [3.8, 4) is 5.75 Å². The van der Waals surface area contributed by atoms with Crippen LogP contribution in [-0.4, -0.2) is 34.4 Å². The summed E-state index contributed by atoms with van der Waals surface area (Å²) in [7, 11) is 1.51. The van der Waals surface area contributed by atoms with Gasteiger partial charge in [-0.15, -0.1) is 0 Å². The van der Waals surface area contributed by atoms with Gasteiger partial charge in [0.1, 0.15) is 17.6 Å². The lowest BCUT2D eigenvalue weighted by atomic mass is 9.91. The molecule has 0 bridgehead atoms. The molecule has 0 saturated carbocycles. The van der Waals surface area contributed by atoms with Gasteiger partial charge in [0.25, 0.3) is 0 Å². The maximum atomic E-state index is 15.2. The smallest absolute Gasteiger partial charge is 0.223 e. The maximum absolute atomic E-state index is 15.2. The molecular weight excluding hydrogens is 405 g/mol. The van der Waals surface area contributed by atoms with E-state index in [4.69, 9.17) is 4.74 Å². The van der Waals surface area contributed by atoms with Crippen molar-refractivity contribution in [1.29, 1.82) is 0 Å². The predicted octanol–water partition coefficient (Wildman–Crippen LogP) is 4.82. The largest absolute Gasteiger partial charge is 0.497 e. The molecule has 0 saturated heterocycles. The number of para-hydroxylation sites is 1. The van der Waals surface area contributed by atoms with E-state index < -0.39 is 6.04 Å². The number of methoxy groups -OCH3 is 1. The molecule has 5 rings (SSSR count). The van der Waals surface area contributed by atoms with E-state index in [9.17, 15) is 4.79 Å². The van der Waals surface area contributed by atoms with Crippen molar-refractivity contribution in [3.05, 3.63) is 95.2 Å². The van der Waals surface area contributed by atoms with Gasteiger partial charge in [-0.3, -0.25) is 9.78 Å². The molecule has 2 aromatic heterocycles. The zero-order valence-electron chi connectivity index (χ0n) is 17.8. The lowest BCUT2D eigenvalue weighted by molar-refractivity contribution is -0.133. The number of H-pyrrole nitrogens is 1. The highest BCUT2D eigenvalue weighted by molar-refractivity contribution is 5.86. The minimum Gasteiger partial charge on any atom is -0.497 e. The average Bonchev–Trinajstić information content (AvgIpc) is 3.21. The molecule has 5 nitrogen and oxygen atoms in total. The van der Waals surface area contributed by atoms with Gasteiger partial charge in [0, 0.05) is 53.6 Å². The molecular formula is C26H24FN3O2. The quantitative estimate of drug-likeness (QED) is 0.495. The number of ether oxygens (including phenoxy) is 1. The number of aromatic nitrogens is 2. The van der Waals surface area contributed by atoms with Crippen LogP contribution in [0.25, 0.3) is 10.9 Å². The summed E-state index contributed by atoms with van der Waals surface area (Å²) in [6.45, 7) is 0.539. The summed E-state index contributed by atoms with van der Waals surface area (Å²) in [6, 6.07) is 16.2. The molecule has 32 heavy (non-hydrogen) atoms. The summed E-state index contributed by atoms with van der Waals surface area (Å²) in [5.41, 5.74) is 4.51. The summed E-state index contributed by atoms with van der Waals surface area (Å²) < 4.78 is 20.4. The predicted molar refractivity (Wildman–Crippen MR) is 121 cm³/mol. The van der Waals surface area contributed by atoms with E-state index in [2.05, 4.69) is 16.0 Å². The Morgan fingerprint density at radius 3 is 2.88 bits per heavy atom. The molecule has 2 aromatic carbocycles. The Labute approximate surface area is 185 Å². The van der Waals surface area contributed by atoms with Crippen molar-refractivity contribution < 1.29 is 13.9 Å². The molecule has 0 fully saturated rings. The van der Waals surface area contributed by atoms with Gasteiger partial charge in [-0.05, 0) is 48.2 Å². The Hall–Kier alpha value is -3.67. The minimum absolute atomic E-state index is 0.00150. The maximum Gasteiger partial charge on any atom is 0.223 e. The fourth-order valence-electron chi connectivity index (χ4n) is 4.63. The third kappa shape index (κ3) is 3.62. The number of rotatable bonds is 5. The van der Waals surface area contributed by atoms with E-state index in [0.29, 0.717) is 30.7 Å². The van der Waals surface area contributed by atoms with Gasteiger partial charge in [-0.25, -0.2) is 4.39 Å². The number of fused-ring (bicyclic) bond motifs is 3. The minimum atomic E-state index is -0.515. The normalized spacial score (nSPS) is 15.6. The molecule has 4 aromatic rings. The molecule has 162 valence electrons. The highest BCUT2D eigenvalue weighted by Gasteiger charge is 2.35. The van der Waals surface area contributed by atoms with Crippen molar-refractivity contribution in [2.24, 2.45) is 0 Å². The Bertz CT molecular complexity index is 1270. The number of aromatic amines is 1. The first-order valence-corrected chi connectivity index (χ1v) is 10.8. The number of aryl methyl sites for hydroxylation is 1. The number of nitrogens with zero attached hydrogens (tertiary/aromatic N) is 2. The first-order valence-electron chi connectivity index (χ1n) is 10.8. The summed E-state index contributed by atoms with van der Waals surface area (Å²) >= 11 is 0. The van der Waals surface area contributed by atoms with Crippen molar-refractivity contribution in [2.75, 3.05) is 13.7 Å². The summed E-state index contributed by atoms with van der Waals surface area (Å²) in [5, 5.41) is 1.13. The second-order valence-electron chi connectivity index (χ2n) is 8.05. The standard InChI is InChI=1S/C26H24FN3O2/c1-32-18-9-10-21(22(27)15-18)26-25-20(19-6-2-3-7-23(19)29-25)12-14-30(26)24(31)11-8-17-5-4-13-28-16-17/h2-7,9-10,13,15-16,26,29H,8,11-12,14H2,1H3/t26-/m1/s1. The topological polar surface area (TPSA) is 58.2 Å². The number of carbonyl (C=O) groups excluding carboxylic acids is 1. The van der Waals surface area contributed by atoms with Gasteiger partial charge in [-0.1, -0.05) is 24.3 Å². The van der Waals surface area contributed by atoms with Gasteiger partial charge in [0.05, 0.1) is 7.11 Å². The van der Waals surface area contributed by atoms with Crippen molar-refractivity contribution >= 4 is 16.8 Å². The van der Waals surface area contributed by atoms with Crippen LogP contribution in [0.5, 0.6) is 5.75 Å². The van der Waals surface area contributed by atoms with E-state index in [1.165, 1.54) is 13.2 Å². The number of benzene rings is 2. The number of halogens is 1. The Kier molecular flexibility index (Phi) is 5.35. The second-order valence-corrected chi connectivity index (χ2v) is 8.05. The summed E-state index contributed by atoms with van der Waals surface area (Å²) in [4.78, 5) is 22.8. The van der Waals surface area contributed by atoms with Gasteiger partial charge in [0.2, 0.25) is 5.91 Å². The van der Waals surface area contributed by atoms with Crippen LogP contribution in [0.1, 0.15) is 34.8 Å². The number of carbonyl (C=O) groups is 1. The third-order valence-electron chi connectivity index (χ3n) is 6.21. The highest BCUT2D eigenvalue weighted by Crippen LogP contribution is 2.40. The van der Waals surface area contributed by atoms with Crippen molar-refractivity contribution in [3.63, 3.8) is 0 Å². The average molecular weight is 429 g/mol. The number of nitrogens with one attached hydrogen (secondary N) is 1. The molecule has 0 unspecified atom stereocenters. The number of pyridine rings is 1. The summed E-state index contributed by atoms with van der Waals surface area (Å²) in [5.74, 6) is 0.0673. The number of hydrogen-bond acceptors (Lipinski definition) is 3. The Balaban J connectivity index is 1.54. The number of hydrogen-bond donors (Lipinski definition) is 1. The fourth-order valence-corrected chi connectivity index (χ4v) is 4.63. The van der Waals surface area contributed by atoms with E-state index in [-0.39, 0.29) is 11.7 Å². The fraction of sp³-hybridized carbons (Fsp3) is 0.231. The van der Waals surface area contributed by atoms with Gasteiger partial charge in [0.15, 0.2) is 0 Å². The van der Waals surface area contributed by atoms with E-state index in [1.54, 1.807) is 29.4 Å². The Morgan fingerprint density at radius 2 is 2.09 bits per heavy atom. The molecule has 1 amide bonds. The van der Waals surface area contributed by atoms with Gasteiger partial charge in [-0.2, -0.15) is 0 Å². The molecule has 1 aliphatic rings. The lowest BCUT2D eigenvalue weighted by Gasteiger charge is -2.36. The molecule has 0 radical (unpaired) electrons. The van der Waals surface area contributed by atoms with Crippen LogP contribution >= 0.6 is 0 Å². The molecule has 1 atom stereocenters. The highest BCUT2D eigenvalue weighted by atomic mass is 19.1. The van der Waals surface area contributed by atoms with Crippen LogP contribution in [0, 0.1) is 5.82 Å². The molecule has 0 spiro atoms. The SMILES string of the molecule is COc1ccc([C@@H]2c3[nH]c4ccccc4c3CCN2C(=O)CCc2cccnc2)c(F)c1. The second kappa shape index (κ2) is 8.46. The first-order chi connectivity index (χ1) is 15.7. The molecule has 1 N–H and O–H groups in total. The van der Waals surface area contributed by atoms with Crippen molar-refractivity contribution in [2.45, 2.75) is 25.3 Å². The van der Waals surface area contributed by atoms with Crippen LogP contribution in [-0.2, 0) is 17.6 Å². The monoisotopic (exact) mass is 429 g/mol. The molecule has 3 heterocycles. The van der Waals surface area contributed by atoms with Gasteiger partial charge >= 0.3 is 0 Å². The Morgan fingerprint density at radius 1 is 1.22 bits per heavy atom. The summed E-state index contributed by atoms with van der Waals surface area (Å²) in [6.07, 6.45) is 5.16.